The fourth-order valence-electron chi connectivity index (χ4n) is 2.65. The Balaban J connectivity index is 1.75. The van der Waals surface area contributed by atoms with Crippen LogP contribution in [0.2, 0.25) is 10.0 Å². The lowest BCUT2D eigenvalue weighted by Crippen LogP contribution is -2.20. The zero-order valence-electron chi connectivity index (χ0n) is 14.7. The normalized spacial score (nSPS) is 10.7. The fourth-order valence-corrected chi connectivity index (χ4v) is 3.34. The molecular formula is C19H17Cl2FN4S. The number of thiocarbonyl (C=S) groups is 1. The predicted molar refractivity (Wildman–Crippen MR) is 114 cm³/mol. The largest absolute Gasteiger partial charge is 0.332 e. The van der Waals surface area contributed by atoms with Gasteiger partial charge in [-0.05, 0) is 68.0 Å². The van der Waals surface area contributed by atoms with Crippen LogP contribution in [0.3, 0.4) is 0 Å². The van der Waals surface area contributed by atoms with E-state index in [0.717, 1.165) is 22.6 Å². The van der Waals surface area contributed by atoms with Gasteiger partial charge in [-0.2, -0.15) is 5.10 Å². The number of rotatable bonds is 4. The molecule has 0 bridgehead atoms. The SMILES string of the molecule is Cc1nn(Cc2ccc(Cl)cc2Cl)c(C)c1NC(=S)Nc1ccc(F)cc1. The molecule has 0 unspecified atom stereocenters. The number of halogens is 3. The minimum atomic E-state index is -0.298. The molecule has 4 nitrogen and oxygen atoms in total. The third kappa shape index (κ3) is 4.77. The van der Waals surface area contributed by atoms with Gasteiger partial charge in [-0.15, -0.1) is 0 Å². The Labute approximate surface area is 172 Å². The van der Waals surface area contributed by atoms with Crippen LogP contribution in [0.1, 0.15) is 17.0 Å². The predicted octanol–water partition coefficient (Wildman–Crippen LogP) is 5.80. The van der Waals surface area contributed by atoms with Crippen molar-refractivity contribution in [2.45, 2.75) is 20.4 Å². The van der Waals surface area contributed by atoms with Crippen molar-refractivity contribution in [3.05, 3.63) is 75.3 Å². The molecule has 0 atom stereocenters. The quantitative estimate of drug-likeness (QED) is 0.521. The van der Waals surface area contributed by atoms with Crippen molar-refractivity contribution >= 4 is 51.9 Å². The monoisotopic (exact) mass is 422 g/mol. The first-order valence-corrected chi connectivity index (χ1v) is 9.31. The molecule has 0 aliphatic rings. The van der Waals surface area contributed by atoms with Crippen LogP contribution >= 0.6 is 35.4 Å². The van der Waals surface area contributed by atoms with Crippen molar-refractivity contribution in [3.63, 3.8) is 0 Å². The van der Waals surface area contributed by atoms with E-state index in [4.69, 9.17) is 35.4 Å². The standard InChI is InChI=1S/C19H17Cl2FN4S/c1-11-18(24-19(27)23-16-7-5-15(22)6-8-16)12(2)26(25-11)10-13-3-4-14(20)9-17(13)21/h3-9H,10H2,1-2H3,(H2,23,24,27). The van der Waals surface area contributed by atoms with E-state index in [1.165, 1.54) is 12.1 Å². The molecule has 3 aromatic rings. The summed E-state index contributed by atoms with van der Waals surface area (Å²) in [6.45, 7) is 4.37. The van der Waals surface area contributed by atoms with Crippen LogP contribution in [-0.4, -0.2) is 14.9 Å². The molecule has 140 valence electrons. The molecule has 0 spiro atoms. The highest BCUT2D eigenvalue weighted by Crippen LogP contribution is 2.25. The molecule has 27 heavy (non-hydrogen) atoms. The molecule has 0 saturated heterocycles. The van der Waals surface area contributed by atoms with Crippen molar-refractivity contribution in [2.24, 2.45) is 0 Å². The van der Waals surface area contributed by atoms with Crippen molar-refractivity contribution < 1.29 is 4.39 Å². The highest BCUT2D eigenvalue weighted by molar-refractivity contribution is 7.80. The zero-order chi connectivity index (χ0) is 19.6. The first kappa shape index (κ1) is 19.6. The Kier molecular flexibility index (Phi) is 5.99. The van der Waals surface area contributed by atoms with Crippen molar-refractivity contribution in [1.82, 2.24) is 9.78 Å². The second-order valence-electron chi connectivity index (χ2n) is 6.03. The number of nitrogens with one attached hydrogen (secondary N) is 2. The van der Waals surface area contributed by atoms with Crippen LogP contribution < -0.4 is 10.6 Å². The average Bonchev–Trinajstić information content (AvgIpc) is 2.87. The van der Waals surface area contributed by atoms with E-state index in [2.05, 4.69) is 15.7 Å². The molecule has 8 heteroatoms. The third-order valence-electron chi connectivity index (χ3n) is 4.06. The fraction of sp³-hybridized carbons (Fsp3) is 0.158. The van der Waals surface area contributed by atoms with Crippen LogP contribution in [0.5, 0.6) is 0 Å². The second kappa shape index (κ2) is 8.25. The maximum Gasteiger partial charge on any atom is 0.175 e. The summed E-state index contributed by atoms with van der Waals surface area (Å²) < 4.78 is 14.9. The van der Waals surface area contributed by atoms with Crippen LogP contribution in [0, 0.1) is 19.7 Å². The minimum Gasteiger partial charge on any atom is -0.332 e. The number of benzene rings is 2. The highest BCUT2D eigenvalue weighted by Gasteiger charge is 2.14. The summed E-state index contributed by atoms with van der Waals surface area (Å²) in [7, 11) is 0. The van der Waals surface area contributed by atoms with E-state index in [-0.39, 0.29) is 5.82 Å². The van der Waals surface area contributed by atoms with Crippen LogP contribution in [-0.2, 0) is 6.54 Å². The lowest BCUT2D eigenvalue weighted by atomic mass is 10.2. The lowest BCUT2D eigenvalue weighted by molar-refractivity contribution is 0.628. The summed E-state index contributed by atoms with van der Waals surface area (Å²) >= 11 is 17.6. The van der Waals surface area contributed by atoms with Crippen molar-refractivity contribution in [2.75, 3.05) is 10.6 Å². The van der Waals surface area contributed by atoms with Crippen LogP contribution in [0.15, 0.2) is 42.5 Å². The van der Waals surface area contributed by atoms with Gasteiger partial charge in [0.15, 0.2) is 5.11 Å². The molecular weight excluding hydrogens is 406 g/mol. The van der Waals surface area contributed by atoms with Gasteiger partial charge >= 0.3 is 0 Å². The summed E-state index contributed by atoms with van der Waals surface area (Å²) in [5.41, 5.74) is 4.16. The molecule has 2 aromatic carbocycles. The van der Waals surface area contributed by atoms with Gasteiger partial charge < -0.3 is 10.6 Å². The van der Waals surface area contributed by atoms with Gasteiger partial charge in [-0.1, -0.05) is 29.3 Å². The summed E-state index contributed by atoms with van der Waals surface area (Å²) in [6.07, 6.45) is 0. The van der Waals surface area contributed by atoms with Crippen molar-refractivity contribution in [3.8, 4) is 0 Å². The average molecular weight is 423 g/mol. The molecule has 2 N–H and O–H groups in total. The Morgan fingerprint density at radius 2 is 1.81 bits per heavy atom. The number of nitrogens with zero attached hydrogens (tertiary/aromatic N) is 2. The first-order chi connectivity index (χ1) is 12.8. The molecule has 0 fully saturated rings. The summed E-state index contributed by atoms with van der Waals surface area (Å²) in [5, 5.41) is 12.3. The highest BCUT2D eigenvalue weighted by atomic mass is 35.5. The van der Waals surface area contributed by atoms with Gasteiger partial charge in [-0.25, -0.2) is 4.39 Å². The van der Waals surface area contributed by atoms with Crippen molar-refractivity contribution in [1.29, 1.82) is 0 Å². The van der Waals surface area contributed by atoms with E-state index in [1.54, 1.807) is 24.3 Å². The van der Waals surface area contributed by atoms with Crippen LogP contribution in [0.4, 0.5) is 15.8 Å². The lowest BCUT2D eigenvalue weighted by Gasteiger charge is -2.11. The number of anilines is 2. The molecule has 1 heterocycles. The molecule has 0 saturated carbocycles. The summed E-state index contributed by atoms with van der Waals surface area (Å²) in [5.74, 6) is -0.298. The van der Waals surface area contributed by atoms with Gasteiger partial charge in [0, 0.05) is 15.7 Å². The Morgan fingerprint density at radius 3 is 2.48 bits per heavy atom. The van der Waals surface area contributed by atoms with Crippen LogP contribution in [0.25, 0.3) is 0 Å². The van der Waals surface area contributed by atoms with Gasteiger partial charge in [0.1, 0.15) is 5.82 Å². The molecule has 0 aliphatic heterocycles. The Bertz CT molecular complexity index is 986. The third-order valence-corrected chi connectivity index (χ3v) is 4.85. The van der Waals surface area contributed by atoms with E-state index in [9.17, 15) is 4.39 Å². The van der Waals surface area contributed by atoms with E-state index in [0.29, 0.717) is 27.4 Å². The minimum absolute atomic E-state index is 0.298. The van der Waals surface area contributed by atoms with Gasteiger partial charge in [0.2, 0.25) is 0 Å². The zero-order valence-corrected chi connectivity index (χ0v) is 17.0. The maximum absolute atomic E-state index is 13.0. The number of aromatic nitrogens is 2. The molecule has 0 radical (unpaired) electrons. The molecule has 3 rings (SSSR count). The molecule has 1 aromatic heterocycles. The van der Waals surface area contributed by atoms with E-state index >= 15 is 0 Å². The van der Waals surface area contributed by atoms with Gasteiger partial charge in [0.05, 0.1) is 23.6 Å². The first-order valence-electron chi connectivity index (χ1n) is 8.15. The van der Waals surface area contributed by atoms with Gasteiger partial charge in [-0.3, -0.25) is 4.68 Å². The number of aryl methyl sites for hydroxylation is 1. The number of hydrogen-bond donors (Lipinski definition) is 2. The second-order valence-corrected chi connectivity index (χ2v) is 7.28. The Morgan fingerprint density at radius 1 is 1.11 bits per heavy atom. The summed E-state index contributed by atoms with van der Waals surface area (Å²) in [6, 6.07) is 11.4. The Hall–Kier alpha value is -2.15. The molecule has 0 aliphatic carbocycles. The topological polar surface area (TPSA) is 41.9 Å². The maximum atomic E-state index is 13.0. The van der Waals surface area contributed by atoms with Gasteiger partial charge in [0.25, 0.3) is 0 Å². The van der Waals surface area contributed by atoms with E-state index in [1.807, 2.05) is 24.6 Å². The molecule has 0 amide bonds. The number of hydrogen-bond acceptors (Lipinski definition) is 2. The summed E-state index contributed by atoms with van der Waals surface area (Å²) in [4.78, 5) is 0. The van der Waals surface area contributed by atoms with E-state index < -0.39 is 0 Å². The smallest absolute Gasteiger partial charge is 0.175 e.